The van der Waals surface area contributed by atoms with E-state index >= 15 is 0 Å². The molecule has 1 heterocycles. The Hall–Kier alpha value is -1.55. The average Bonchev–Trinajstić information content (AvgIpc) is 2.88. The second-order valence-electron chi connectivity index (χ2n) is 8.91. The second kappa shape index (κ2) is 6.99. The molecule has 0 aromatic heterocycles. The number of carbonyl (C=O) groups is 1. The zero-order valence-electron chi connectivity index (χ0n) is 16.1. The van der Waals surface area contributed by atoms with Gasteiger partial charge in [0.15, 0.2) is 0 Å². The highest BCUT2D eigenvalue weighted by molar-refractivity contribution is 5.68. The smallest absolute Gasteiger partial charge is 0.407 e. The zero-order valence-corrected chi connectivity index (χ0v) is 16.1. The van der Waals surface area contributed by atoms with Crippen molar-refractivity contribution in [3.8, 4) is 0 Å². The van der Waals surface area contributed by atoms with E-state index in [1.807, 2.05) is 0 Å². The third-order valence-electron chi connectivity index (χ3n) is 5.97. The molecule has 0 unspecified atom stereocenters. The van der Waals surface area contributed by atoms with Gasteiger partial charge in [0.25, 0.3) is 0 Å². The normalized spacial score (nSPS) is 22.6. The van der Waals surface area contributed by atoms with Crippen molar-refractivity contribution in [3.63, 3.8) is 0 Å². The van der Waals surface area contributed by atoms with Crippen molar-refractivity contribution in [1.29, 1.82) is 0 Å². The van der Waals surface area contributed by atoms with Gasteiger partial charge < -0.3 is 15.0 Å². The lowest BCUT2D eigenvalue weighted by molar-refractivity contribution is 0.135. The van der Waals surface area contributed by atoms with Gasteiger partial charge in [0.05, 0.1) is 13.2 Å². The fourth-order valence-electron chi connectivity index (χ4n) is 4.40. The Balaban J connectivity index is 0.00000243. The largest absolute Gasteiger partial charge is 0.453 e. The number of methoxy groups -OCH3 is 1. The lowest BCUT2D eigenvalue weighted by Gasteiger charge is -2.41. The molecule has 4 nitrogen and oxygen atoms in total. The summed E-state index contributed by atoms with van der Waals surface area (Å²) < 4.78 is 4.83. The van der Waals surface area contributed by atoms with Crippen LogP contribution >= 0.6 is 0 Å². The predicted octanol–water partition coefficient (Wildman–Crippen LogP) is 4.50. The van der Waals surface area contributed by atoms with Crippen molar-refractivity contribution in [1.82, 2.24) is 10.2 Å². The maximum absolute atomic E-state index is 11.7. The molecule has 0 radical (unpaired) electrons. The molecule has 2 aliphatic rings. The number of benzene rings is 1. The minimum atomic E-state index is -0.334. The van der Waals surface area contributed by atoms with Crippen LogP contribution in [-0.2, 0) is 10.2 Å². The lowest BCUT2D eigenvalue weighted by atomic mass is 9.73. The third-order valence-corrected chi connectivity index (χ3v) is 5.97. The third kappa shape index (κ3) is 4.00. The predicted molar refractivity (Wildman–Crippen MR) is 103 cm³/mol. The van der Waals surface area contributed by atoms with Gasteiger partial charge in [-0.3, -0.25) is 0 Å². The van der Waals surface area contributed by atoms with Gasteiger partial charge in [0.1, 0.15) is 0 Å². The first-order valence-electron chi connectivity index (χ1n) is 9.49. The van der Waals surface area contributed by atoms with Crippen molar-refractivity contribution in [3.05, 3.63) is 35.4 Å². The van der Waals surface area contributed by atoms with Gasteiger partial charge in [0.2, 0.25) is 0 Å². The number of amides is 1. The van der Waals surface area contributed by atoms with Crippen LogP contribution in [0.15, 0.2) is 24.3 Å². The number of rotatable bonds is 3. The molecule has 1 aliphatic heterocycles. The SMILES string of the molecule is COC(=O)N[C@H]1CC2(CCN(CCC(C)(C)C)CC2)c2ccccc21.[HH]. The number of alkyl carbamates (subject to hydrolysis) is 1. The molecule has 1 fully saturated rings. The van der Waals surface area contributed by atoms with Crippen LogP contribution < -0.4 is 5.32 Å². The molecule has 25 heavy (non-hydrogen) atoms. The number of hydrogen-bond donors (Lipinski definition) is 1. The Labute approximate surface area is 153 Å². The zero-order chi connectivity index (χ0) is 18.1. The van der Waals surface area contributed by atoms with E-state index in [0.29, 0.717) is 5.41 Å². The first kappa shape index (κ1) is 18.2. The van der Waals surface area contributed by atoms with Crippen molar-refractivity contribution in [2.45, 2.75) is 57.9 Å². The quantitative estimate of drug-likeness (QED) is 0.876. The van der Waals surface area contributed by atoms with Crippen molar-refractivity contribution >= 4 is 6.09 Å². The summed E-state index contributed by atoms with van der Waals surface area (Å²) in [5, 5.41) is 3.04. The molecule has 1 saturated heterocycles. The van der Waals surface area contributed by atoms with Crippen LogP contribution in [0.3, 0.4) is 0 Å². The summed E-state index contributed by atoms with van der Waals surface area (Å²) in [4.78, 5) is 14.3. The van der Waals surface area contributed by atoms with Crippen LogP contribution in [0.1, 0.15) is 65.0 Å². The Morgan fingerprint density at radius 3 is 2.64 bits per heavy atom. The minimum Gasteiger partial charge on any atom is -0.453 e. The maximum atomic E-state index is 11.7. The van der Waals surface area contributed by atoms with Crippen LogP contribution in [0.4, 0.5) is 4.79 Å². The summed E-state index contributed by atoms with van der Waals surface area (Å²) in [5.74, 6) is 0. The summed E-state index contributed by atoms with van der Waals surface area (Å²) in [5.41, 5.74) is 3.31. The van der Waals surface area contributed by atoms with Crippen LogP contribution in [0.25, 0.3) is 0 Å². The van der Waals surface area contributed by atoms with Gasteiger partial charge >= 0.3 is 6.09 Å². The molecule has 1 N–H and O–H groups in total. The molecule has 140 valence electrons. The highest BCUT2D eigenvalue weighted by atomic mass is 16.5. The van der Waals surface area contributed by atoms with E-state index in [-0.39, 0.29) is 19.0 Å². The van der Waals surface area contributed by atoms with Crippen LogP contribution in [-0.4, -0.2) is 37.7 Å². The lowest BCUT2D eigenvalue weighted by Crippen LogP contribution is -2.43. The molecule has 4 heteroatoms. The Bertz CT molecular complexity index is 619. The highest BCUT2D eigenvalue weighted by Gasteiger charge is 2.45. The van der Waals surface area contributed by atoms with Crippen molar-refractivity contribution in [2.24, 2.45) is 5.41 Å². The summed E-state index contributed by atoms with van der Waals surface area (Å²) in [6.45, 7) is 10.4. The number of nitrogens with one attached hydrogen (secondary N) is 1. The molecule has 3 rings (SSSR count). The van der Waals surface area contributed by atoms with E-state index in [2.05, 4.69) is 55.3 Å². The summed E-state index contributed by atoms with van der Waals surface area (Å²) in [6.07, 6.45) is 4.25. The Kier molecular flexibility index (Phi) is 5.10. The number of ether oxygens (including phenoxy) is 1. The topological polar surface area (TPSA) is 41.6 Å². The number of piperidine rings is 1. The molecule has 0 bridgehead atoms. The van der Waals surface area contributed by atoms with Gasteiger partial charge in [-0.2, -0.15) is 0 Å². The number of likely N-dealkylation sites (tertiary alicyclic amines) is 1. The molecular formula is C21H34N2O2. The van der Waals surface area contributed by atoms with Crippen LogP contribution in [0.5, 0.6) is 0 Å². The van der Waals surface area contributed by atoms with E-state index < -0.39 is 0 Å². The number of carbonyl (C=O) groups excluding carboxylic acids is 1. The van der Waals surface area contributed by atoms with Crippen LogP contribution in [0.2, 0.25) is 0 Å². The van der Waals surface area contributed by atoms with Gasteiger partial charge in [-0.05, 0) is 61.9 Å². The molecule has 1 aromatic carbocycles. The number of nitrogens with zero attached hydrogens (tertiary/aromatic N) is 1. The highest BCUT2D eigenvalue weighted by Crippen LogP contribution is 2.50. The number of hydrogen-bond acceptors (Lipinski definition) is 3. The molecular weight excluding hydrogens is 312 g/mol. The average molecular weight is 347 g/mol. The molecule has 1 atom stereocenters. The molecule has 1 aromatic rings. The Morgan fingerprint density at radius 2 is 2.00 bits per heavy atom. The number of fused-ring (bicyclic) bond motifs is 2. The Morgan fingerprint density at radius 1 is 1.32 bits per heavy atom. The molecule has 1 amide bonds. The van der Waals surface area contributed by atoms with Gasteiger partial charge in [0, 0.05) is 6.84 Å². The molecule has 1 spiro atoms. The molecule has 0 saturated carbocycles. The van der Waals surface area contributed by atoms with Crippen LogP contribution in [0, 0.1) is 5.41 Å². The van der Waals surface area contributed by atoms with Gasteiger partial charge in [-0.15, -0.1) is 0 Å². The summed E-state index contributed by atoms with van der Waals surface area (Å²) in [6, 6.07) is 8.70. The van der Waals surface area contributed by atoms with Crippen molar-refractivity contribution in [2.75, 3.05) is 26.7 Å². The van der Waals surface area contributed by atoms with E-state index in [4.69, 9.17) is 4.74 Å². The van der Waals surface area contributed by atoms with E-state index in [1.54, 1.807) is 0 Å². The fraction of sp³-hybridized carbons (Fsp3) is 0.667. The second-order valence-corrected chi connectivity index (χ2v) is 8.91. The molecule has 1 aliphatic carbocycles. The summed E-state index contributed by atoms with van der Waals surface area (Å²) >= 11 is 0. The fourth-order valence-corrected chi connectivity index (χ4v) is 4.40. The van der Waals surface area contributed by atoms with Crippen molar-refractivity contribution < 1.29 is 11.0 Å². The van der Waals surface area contributed by atoms with E-state index in [1.165, 1.54) is 44.0 Å². The first-order valence-corrected chi connectivity index (χ1v) is 9.49. The van der Waals surface area contributed by atoms with Gasteiger partial charge in [-0.1, -0.05) is 45.0 Å². The van der Waals surface area contributed by atoms with E-state index in [9.17, 15) is 4.79 Å². The monoisotopic (exact) mass is 346 g/mol. The summed E-state index contributed by atoms with van der Waals surface area (Å²) in [7, 11) is 1.43. The van der Waals surface area contributed by atoms with Gasteiger partial charge in [-0.25, -0.2) is 4.79 Å². The first-order chi connectivity index (χ1) is 11.8. The maximum Gasteiger partial charge on any atom is 0.407 e. The van der Waals surface area contributed by atoms with E-state index in [0.717, 1.165) is 19.5 Å². The minimum absolute atomic E-state index is 0. The standard InChI is InChI=1S/C21H32N2O2.H2/c1-20(2,3)9-12-23-13-10-21(11-14-23)15-18(22-19(24)25-4)16-7-5-6-8-17(16)21;/h5-8,18H,9-15H2,1-4H3,(H,22,24);1H/t18-;/m0./s1.